The Labute approximate surface area is 84.4 Å². The SMILES string of the molecule is Cc1ccc(C(N)CCN(C)C)s1. The van der Waals surface area contributed by atoms with E-state index in [4.69, 9.17) is 5.73 Å². The molecular weight excluding hydrogens is 180 g/mol. The number of hydrogen-bond donors (Lipinski definition) is 1. The zero-order valence-electron chi connectivity index (χ0n) is 8.58. The van der Waals surface area contributed by atoms with Gasteiger partial charge in [0.25, 0.3) is 0 Å². The fourth-order valence-electron chi connectivity index (χ4n) is 1.19. The summed E-state index contributed by atoms with van der Waals surface area (Å²) in [5.41, 5.74) is 6.04. The van der Waals surface area contributed by atoms with E-state index in [-0.39, 0.29) is 6.04 Å². The summed E-state index contributed by atoms with van der Waals surface area (Å²) in [5.74, 6) is 0. The van der Waals surface area contributed by atoms with Crippen molar-refractivity contribution in [3.8, 4) is 0 Å². The Kier molecular flexibility index (Phi) is 3.90. The minimum atomic E-state index is 0.209. The molecular formula is C10H18N2S. The molecule has 1 unspecified atom stereocenters. The molecule has 0 saturated carbocycles. The van der Waals surface area contributed by atoms with E-state index < -0.39 is 0 Å². The zero-order chi connectivity index (χ0) is 9.84. The van der Waals surface area contributed by atoms with Gasteiger partial charge in [-0.15, -0.1) is 11.3 Å². The molecule has 0 aliphatic rings. The third-order valence-electron chi connectivity index (χ3n) is 2.01. The van der Waals surface area contributed by atoms with Gasteiger partial charge in [-0.3, -0.25) is 0 Å². The molecule has 0 aliphatic heterocycles. The second-order valence-electron chi connectivity index (χ2n) is 3.65. The van der Waals surface area contributed by atoms with Crippen LogP contribution in [-0.4, -0.2) is 25.5 Å². The summed E-state index contributed by atoms with van der Waals surface area (Å²) in [6.45, 7) is 3.17. The van der Waals surface area contributed by atoms with Crippen LogP contribution < -0.4 is 5.73 Å². The first-order chi connectivity index (χ1) is 6.09. The van der Waals surface area contributed by atoms with Crippen molar-refractivity contribution < 1.29 is 0 Å². The minimum Gasteiger partial charge on any atom is -0.323 e. The molecule has 0 bridgehead atoms. The van der Waals surface area contributed by atoms with E-state index in [1.54, 1.807) is 11.3 Å². The Balaban J connectivity index is 2.44. The Morgan fingerprint density at radius 1 is 1.46 bits per heavy atom. The molecule has 0 fully saturated rings. The summed E-state index contributed by atoms with van der Waals surface area (Å²) in [4.78, 5) is 4.81. The second-order valence-corrected chi connectivity index (χ2v) is 4.97. The molecule has 74 valence electrons. The molecule has 1 aromatic rings. The van der Waals surface area contributed by atoms with Gasteiger partial charge in [0.2, 0.25) is 0 Å². The van der Waals surface area contributed by atoms with Crippen molar-refractivity contribution in [2.45, 2.75) is 19.4 Å². The average Bonchev–Trinajstić information content (AvgIpc) is 2.47. The maximum absolute atomic E-state index is 6.04. The highest BCUT2D eigenvalue weighted by Gasteiger charge is 2.07. The van der Waals surface area contributed by atoms with Gasteiger partial charge in [0.1, 0.15) is 0 Å². The van der Waals surface area contributed by atoms with Crippen LogP contribution in [0.15, 0.2) is 12.1 Å². The molecule has 1 aromatic heterocycles. The molecule has 3 heteroatoms. The standard InChI is InChI=1S/C10H18N2S/c1-8-4-5-10(13-8)9(11)6-7-12(2)3/h4-5,9H,6-7,11H2,1-3H3. The highest BCUT2D eigenvalue weighted by Crippen LogP contribution is 2.22. The molecule has 0 spiro atoms. The Bertz CT molecular complexity index is 255. The fraction of sp³-hybridized carbons (Fsp3) is 0.600. The van der Waals surface area contributed by atoms with Crippen molar-refractivity contribution in [3.05, 3.63) is 21.9 Å². The predicted molar refractivity (Wildman–Crippen MR) is 59.2 cm³/mol. The van der Waals surface area contributed by atoms with E-state index in [9.17, 15) is 0 Å². The third-order valence-corrected chi connectivity index (χ3v) is 3.15. The van der Waals surface area contributed by atoms with Crippen LogP contribution in [0.1, 0.15) is 22.2 Å². The molecule has 13 heavy (non-hydrogen) atoms. The Morgan fingerprint density at radius 2 is 2.15 bits per heavy atom. The summed E-state index contributed by atoms with van der Waals surface area (Å²) in [6.07, 6.45) is 1.03. The fourth-order valence-corrected chi connectivity index (χ4v) is 2.11. The number of thiophene rings is 1. The molecule has 0 aliphatic carbocycles. The van der Waals surface area contributed by atoms with Crippen LogP contribution in [0.4, 0.5) is 0 Å². The number of nitrogens with two attached hydrogens (primary N) is 1. The van der Waals surface area contributed by atoms with E-state index >= 15 is 0 Å². The lowest BCUT2D eigenvalue weighted by atomic mass is 10.2. The quantitative estimate of drug-likeness (QED) is 0.802. The molecule has 2 nitrogen and oxygen atoms in total. The van der Waals surface area contributed by atoms with E-state index in [1.165, 1.54) is 9.75 Å². The molecule has 0 aromatic carbocycles. The molecule has 0 saturated heterocycles. The van der Waals surface area contributed by atoms with Crippen molar-refractivity contribution in [3.63, 3.8) is 0 Å². The first-order valence-corrected chi connectivity index (χ1v) is 5.38. The largest absolute Gasteiger partial charge is 0.323 e. The monoisotopic (exact) mass is 198 g/mol. The molecule has 1 heterocycles. The Hall–Kier alpha value is -0.380. The molecule has 2 N–H and O–H groups in total. The zero-order valence-corrected chi connectivity index (χ0v) is 9.40. The van der Waals surface area contributed by atoms with Crippen LogP contribution in [0.3, 0.4) is 0 Å². The second kappa shape index (κ2) is 4.74. The van der Waals surface area contributed by atoms with Crippen molar-refractivity contribution in [2.75, 3.05) is 20.6 Å². The third kappa shape index (κ3) is 3.46. The van der Waals surface area contributed by atoms with Gasteiger partial charge in [0.15, 0.2) is 0 Å². The molecule has 1 atom stereocenters. The summed E-state index contributed by atoms with van der Waals surface area (Å²) in [7, 11) is 4.15. The lowest BCUT2D eigenvalue weighted by Gasteiger charge is -2.13. The van der Waals surface area contributed by atoms with Crippen LogP contribution in [0, 0.1) is 6.92 Å². The average molecular weight is 198 g/mol. The van der Waals surface area contributed by atoms with Crippen molar-refractivity contribution in [1.29, 1.82) is 0 Å². The van der Waals surface area contributed by atoms with E-state index in [0.29, 0.717) is 0 Å². The highest BCUT2D eigenvalue weighted by atomic mass is 32.1. The minimum absolute atomic E-state index is 0.209. The van der Waals surface area contributed by atoms with Crippen molar-refractivity contribution >= 4 is 11.3 Å². The summed E-state index contributed by atoms with van der Waals surface area (Å²) in [5, 5.41) is 0. The number of hydrogen-bond acceptors (Lipinski definition) is 3. The normalized spacial score (nSPS) is 13.6. The van der Waals surface area contributed by atoms with Gasteiger partial charge in [-0.2, -0.15) is 0 Å². The van der Waals surface area contributed by atoms with Gasteiger partial charge in [-0.25, -0.2) is 0 Å². The van der Waals surface area contributed by atoms with Gasteiger partial charge in [0, 0.05) is 15.8 Å². The highest BCUT2D eigenvalue weighted by molar-refractivity contribution is 7.12. The van der Waals surface area contributed by atoms with Crippen LogP contribution in [0.5, 0.6) is 0 Å². The lowest BCUT2D eigenvalue weighted by molar-refractivity contribution is 0.384. The van der Waals surface area contributed by atoms with Gasteiger partial charge in [-0.1, -0.05) is 0 Å². The first kappa shape index (κ1) is 10.7. The topological polar surface area (TPSA) is 29.3 Å². The Morgan fingerprint density at radius 3 is 2.62 bits per heavy atom. The van der Waals surface area contributed by atoms with Gasteiger partial charge < -0.3 is 10.6 Å². The maximum Gasteiger partial charge on any atom is 0.0402 e. The van der Waals surface area contributed by atoms with Gasteiger partial charge in [0.05, 0.1) is 0 Å². The molecule has 0 amide bonds. The number of nitrogens with zero attached hydrogens (tertiary/aromatic N) is 1. The summed E-state index contributed by atoms with van der Waals surface area (Å²) >= 11 is 1.80. The van der Waals surface area contributed by atoms with Crippen LogP contribution in [0.25, 0.3) is 0 Å². The van der Waals surface area contributed by atoms with Gasteiger partial charge >= 0.3 is 0 Å². The van der Waals surface area contributed by atoms with E-state index in [1.807, 2.05) is 0 Å². The van der Waals surface area contributed by atoms with Crippen LogP contribution in [-0.2, 0) is 0 Å². The number of rotatable bonds is 4. The first-order valence-electron chi connectivity index (χ1n) is 4.56. The van der Waals surface area contributed by atoms with Crippen LogP contribution >= 0.6 is 11.3 Å². The van der Waals surface area contributed by atoms with Crippen LogP contribution in [0.2, 0.25) is 0 Å². The molecule has 1 rings (SSSR count). The summed E-state index contributed by atoms with van der Waals surface area (Å²) < 4.78 is 0. The number of aryl methyl sites for hydroxylation is 1. The maximum atomic E-state index is 6.04. The molecule has 0 radical (unpaired) electrons. The predicted octanol–water partition coefficient (Wildman–Crippen LogP) is 2.01. The van der Waals surface area contributed by atoms with E-state index in [2.05, 4.69) is 38.1 Å². The summed E-state index contributed by atoms with van der Waals surface area (Å²) in [6, 6.07) is 4.48. The lowest BCUT2D eigenvalue weighted by Crippen LogP contribution is -2.19. The van der Waals surface area contributed by atoms with Crippen molar-refractivity contribution in [1.82, 2.24) is 4.90 Å². The van der Waals surface area contributed by atoms with E-state index in [0.717, 1.165) is 13.0 Å². The smallest absolute Gasteiger partial charge is 0.0402 e. The van der Waals surface area contributed by atoms with Gasteiger partial charge in [-0.05, 0) is 46.1 Å². The van der Waals surface area contributed by atoms with Crippen molar-refractivity contribution in [2.24, 2.45) is 5.73 Å².